The van der Waals surface area contributed by atoms with Crippen LogP contribution in [0.1, 0.15) is 23.1 Å². The summed E-state index contributed by atoms with van der Waals surface area (Å²) in [6.07, 6.45) is 2.96. The highest BCUT2D eigenvalue weighted by atomic mass is 32.1. The average molecular weight is 340 g/mol. The topological polar surface area (TPSA) is 102 Å². The fraction of sp³-hybridized carbons (Fsp3) is 0.133. The van der Waals surface area contributed by atoms with Crippen LogP contribution in [0.5, 0.6) is 0 Å². The first-order chi connectivity index (χ1) is 11.6. The molecule has 0 radical (unpaired) electrons. The number of nitrogens with zero attached hydrogens (tertiary/aromatic N) is 4. The largest absolute Gasteiger partial charge is 0.336 e. The molecule has 1 atom stereocenters. The summed E-state index contributed by atoms with van der Waals surface area (Å²) in [6, 6.07) is 4.83. The van der Waals surface area contributed by atoms with E-state index in [1.54, 1.807) is 36.8 Å². The van der Waals surface area contributed by atoms with Crippen molar-refractivity contribution in [2.24, 2.45) is 0 Å². The van der Waals surface area contributed by atoms with Crippen molar-refractivity contribution in [1.29, 1.82) is 0 Å². The summed E-state index contributed by atoms with van der Waals surface area (Å²) in [5.74, 6) is 0.187. The summed E-state index contributed by atoms with van der Waals surface area (Å²) < 4.78 is 1.42. The average Bonchev–Trinajstić information content (AvgIpc) is 3.19. The second kappa shape index (κ2) is 5.24. The molecule has 0 bridgehead atoms. The zero-order valence-corrected chi connectivity index (χ0v) is 13.4. The molecule has 2 N–H and O–H groups in total. The third-order valence-electron chi connectivity index (χ3n) is 3.89. The zero-order chi connectivity index (χ0) is 16.7. The Hall–Kier alpha value is -3.07. The second-order valence-corrected chi connectivity index (χ2v) is 6.11. The van der Waals surface area contributed by atoms with Crippen LogP contribution in [0.2, 0.25) is 0 Å². The minimum atomic E-state index is -1.02. The first-order valence-corrected chi connectivity index (χ1v) is 8.04. The Morgan fingerprint density at radius 3 is 2.83 bits per heavy atom. The van der Waals surface area contributed by atoms with E-state index in [1.807, 2.05) is 5.38 Å². The minimum Gasteiger partial charge on any atom is -0.336 e. The van der Waals surface area contributed by atoms with Gasteiger partial charge in [0.2, 0.25) is 0 Å². The van der Waals surface area contributed by atoms with Gasteiger partial charge in [0.15, 0.2) is 5.66 Å². The van der Waals surface area contributed by atoms with E-state index in [4.69, 9.17) is 0 Å². The van der Waals surface area contributed by atoms with Crippen LogP contribution in [0.15, 0.2) is 46.4 Å². The molecule has 24 heavy (non-hydrogen) atoms. The summed E-state index contributed by atoms with van der Waals surface area (Å²) in [7, 11) is 0. The number of fused-ring (bicyclic) bond motifs is 1. The van der Waals surface area contributed by atoms with Crippen molar-refractivity contribution in [3.8, 4) is 0 Å². The van der Waals surface area contributed by atoms with E-state index in [0.717, 1.165) is 0 Å². The monoisotopic (exact) mass is 340 g/mol. The Morgan fingerprint density at radius 1 is 1.25 bits per heavy atom. The van der Waals surface area contributed by atoms with Gasteiger partial charge in [0.25, 0.3) is 11.5 Å². The van der Waals surface area contributed by atoms with Gasteiger partial charge in [0, 0.05) is 11.6 Å². The number of carbonyl (C=O) groups excluding carboxylic acids is 1. The van der Waals surface area contributed by atoms with E-state index in [2.05, 4.69) is 25.6 Å². The lowest BCUT2D eigenvalue weighted by molar-refractivity contribution is 0.0940. The number of pyridine rings is 1. The molecule has 4 heterocycles. The summed E-state index contributed by atoms with van der Waals surface area (Å²) in [6.45, 7) is 1.76. The lowest BCUT2D eigenvalue weighted by Crippen LogP contribution is -2.46. The second-order valence-electron chi connectivity index (χ2n) is 5.39. The van der Waals surface area contributed by atoms with Gasteiger partial charge in [0.05, 0.1) is 11.2 Å². The van der Waals surface area contributed by atoms with E-state index < -0.39 is 5.66 Å². The highest BCUT2D eigenvalue weighted by Gasteiger charge is 2.42. The number of nitrogens with one attached hydrogen (secondary N) is 2. The van der Waals surface area contributed by atoms with Crippen molar-refractivity contribution in [2.75, 3.05) is 5.32 Å². The number of amides is 1. The summed E-state index contributed by atoms with van der Waals surface area (Å²) >= 11 is 1.40. The van der Waals surface area contributed by atoms with Crippen LogP contribution in [0.3, 0.4) is 0 Å². The van der Waals surface area contributed by atoms with E-state index >= 15 is 0 Å². The maximum atomic E-state index is 13.0. The van der Waals surface area contributed by atoms with Crippen LogP contribution >= 0.6 is 11.3 Å². The quantitative estimate of drug-likeness (QED) is 0.745. The number of thiazole rings is 1. The molecular formula is C15H12N6O2S. The van der Waals surface area contributed by atoms with Crippen LogP contribution in [-0.4, -0.2) is 25.4 Å². The van der Waals surface area contributed by atoms with Gasteiger partial charge in [-0.25, -0.2) is 15.0 Å². The Morgan fingerprint density at radius 2 is 2.12 bits per heavy atom. The number of rotatable bonds is 3. The maximum Gasteiger partial charge on any atom is 0.277 e. The van der Waals surface area contributed by atoms with Gasteiger partial charge in [-0.3, -0.25) is 14.2 Å². The molecule has 0 saturated carbocycles. The molecule has 8 nitrogen and oxygen atoms in total. The van der Waals surface area contributed by atoms with Crippen LogP contribution in [0.25, 0.3) is 0 Å². The Kier molecular flexibility index (Phi) is 3.17. The predicted octanol–water partition coefficient (Wildman–Crippen LogP) is 1.30. The molecule has 120 valence electrons. The van der Waals surface area contributed by atoms with Crippen molar-refractivity contribution in [3.05, 3.63) is 63.4 Å². The first-order valence-electron chi connectivity index (χ1n) is 7.10. The Labute approximate surface area is 140 Å². The van der Waals surface area contributed by atoms with Crippen molar-refractivity contribution in [1.82, 2.24) is 24.8 Å². The van der Waals surface area contributed by atoms with Crippen LogP contribution < -0.4 is 16.2 Å². The smallest absolute Gasteiger partial charge is 0.277 e. The van der Waals surface area contributed by atoms with E-state index in [0.29, 0.717) is 22.9 Å². The fourth-order valence-electron chi connectivity index (χ4n) is 2.73. The maximum absolute atomic E-state index is 13.0. The van der Waals surface area contributed by atoms with Crippen LogP contribution in [0, 0.1) is 0 Å². The molecule has 0 saturated heterocycles. The van der Waals surface area contributed by atoms with Gasteiger partial charge in [0.1, 0.15) is 23.5 Å². The lowest BCUT2D eigenvalue weighted by Gasteiger charge is -2.25. The number of carbonyl (C=O) groups is 1. The van der Waals surface area contributed by atoms with Gasteiger partial charge in [-0.05, 0) is 25.1 Å². The molecular weight excluding hydrogens is 328 g/mol. The molecule has 0 aromatic carbocycles. The van der Waals surface area contributed by atoms with E-state index in [9.17, 15) is 9.59 Å². The molecule has 0 aliphatic carbocycles. The van der Waals surface area contributed by atoms with E-state index in [-0.39, 0.29) is 11.5 Å². The van der Waals surface area contributed by atoms with Crippen molar-refractivity contribution < 1.29 is 4.79 Å². The van der Waals surface area contributed by atoms with Gasteiger partial charge in [-0.1, -0.05) is 0 Å². The summed E-state index contributed by atoms with van der Waals surface area (Å²) in [5, 5.41) is 7.62. The highest BCUT2D eigenvalue weighted by Crippen LogP contribution is 2.29. The third-order valence-corrected chi connectivity index (χ3v) is 4.48. The molecule has 0 fully saturated rings. The van der Waals surface area contributed by atoms with E-state index in [1.165, 1.54) is 22.2 Å². The molecule has 3 aromatic rings. The number of anilines is 2. The van der Waals surface area contributed by atoms with Crippen molar-refractivity contribution in [2.45, 2.75) is 12.6 Å². The molecule has 1 aliphatic rings. The lowest BCUT2D eigenvalue weighted by atomic mass is 10.1. The fourth-order valence-corrected chi connectivity index (χ4v) is 3.38. The zero-order valence-electron chi connectivity index (χ0n) is 12.6. The molecule has 9 heteroatoms. The summed E-state index contributed by atoms with van der Waals surface area (Å²) in [4.78, 5) is 37.4. The van der Waals surface area contributed by atoms with Crippen molar-refractivity contribution >= 4 is 28.7 Å². The summed E-state index contributed by atoms with van der Waals surface area (Å²) in [5.41, 5.74) is 1.53. The molecule has 1 unspecified atom stereocenters. The molecule has 1 amide bonds. The number of hydrogen-bond acceptors (Lipinski definition) is 7. The Bertz CT molecular complexity index is 969. The molecule has 0 spiro atoms. The number of aromatic nitrogens is 4. The standard InChI is InChI=1S/C15H12N6O2S/c1-15(11-6-24-8-18-11)20-13(22)10-3-2-9(14(23)21(10)15)19-12-4-5-16-7-17-12/h2-8H,1H3,(H,20,22)(H,16,17,19). The van der Waals surface area contributed by atoms with Crippen LogP contribution in [-0.2, 0) is 5.66 Å². The van der Waals surface area contributed by atoms with Gasteiger partial charge >= 0.3 is 0 Å². The first kappa shape index (κ1) is 14.5. The Balaban J connectivity index is 1.86. The van der Waals surface area contributed by atoms with Gasteiger partial charge in [-0.2, -0.15) is 0 Å². The van der Waals surface area contributed by atoms with Crippen molar-refractivity contribution in [3.63, 3.8) is 0 Å². The minimum absolute atomic E-state index is 0.295. The van der Waals surface area contributed by atoms with Crippen LogP contribution in [0.4, 0.5) is 11.5 Å². The molecule has 3 aromatic heterocycles. The molecule has 4 rings (SSSR count). The third kappa shape index (κ3) is 2.09. The predicted molar refractivity (Wildman–Crippen MR) is 88.3 cm³/mol. The normalized spacial score (nSPS) is 19.0. The number of hydrogen-bond donors (Lipinski definition) is 2. The van der Waals surface area contributed by atoms with Gasteiger partial charge in [-0.15, -0.1) is 11.3 Å². The SMILES string of the molecule is CC1(c2cscn2)NC(=O)c2ccc(Nc3ccncn3)c(=O)n21. The highest BCUT2D eigenvalue weighted by molar-refractivity contribution is 7.07. The molecule has 1 aliphatic heterocycles. The van der Waals surface area contributed by atoms with Gasteiger partial charge < -0.3 is 10.6 Å².